The fourth-order valence-electron chi connectivity index (χ4n) is 3.72. The van der Waals surface area contributed by atoms with E-state index in [1.807, 2.05) is 4.68 Å². The van der Waals surface area contributed by atoms with E-state index >= 15 is 0 Å². The second kappa shape index (κ2) is 7.47. The molecule has 1 amide bonds. The van der Waals surface area contributed by atoms with Crippen molar-refractivity contribution in [2.75, 3.05) is 26.2 Å². The first-order valence-electron chi connectivity index (χ1n) is 8.94. The molecule has 0 bridgehead atoms. The maximum Gasteiger partial charge on any atom is 0.227 e. The topological polar surface area (TPSA) is 50.2 Å². The van der Waals surface area contributed by atoms with Crippen LogP contribution in [0.25, 0.3) is 0 Å². The van der Waals surface area contributed by atoms with Gasteiger partial charge in [-0.25, -0.2) is 0 Å². The van der Waals surface area contributed by atoms with E-state index in [2.05, 4.69) is 49.9 Å². The number of carbonyl (C=O) groups excluding carboxylic acids is 1. The number of aryl methyl sites for hydroxylation is 2. The van der Waals surface area contributed by atoms with Crippen LogP contribution in [0.3, 0.4) is 0 Å². The fourth-order valence-corrected chi connectivity index (χ4v) is 3.72. The Kier molecular flexibility index (Phi) is 5.84. The minimum absolute atomic E-state index is 0.203. The summed E-state index contributed by atoms with van der Waals surface area (Å²) in [5, 5.41) is 7.71. The smallest absolute Gasteiger partial charge is 0.227 e. The Labute approximate surface area is 140 Å². The molecule has 5 heteroatoms. The third-order valence-electron chi connectivity index (χ3n) is 5.26. The summed E-state index contributed by atoms with van der Waals surface area (Å²) in [6, 6.07) is 0. The lowest BCUT2D eigenvalue weighted by Crippen LogP contribution is -2.50. The molecule has 0 unspecified atom stereocenters. The highest BCUT2D eigenvalue weighted by atomic mass is 16.2. The molecule has 23 heavy (non-hydrogen) atoms. The summed E-state index contributed by atoms with van der Waals surface area (Å²) < 4.78 is 2.04. The predicted octanol–water partition coefficient (Wildman–Crippen LogP) is 2.30. The van der Waals surface area contributed by atoms with Crippen molar-refractivity contribution in [3.05, 3.63) is 17.0 Å². The highest BCUT2D eigenvalue weighted by Crippen LogP contribution is 2.29. The number of hydrogen-bond acceptors (Lipinski definition) is 3. The van der Waals surface area contributed by atoms with Gasteiger partial charge in [0.1, 0.15) is 0 Å². The van der Waals surface area contributed by atoms with Crippen molar-refractivity contribution in [3.8, 4) is 0 Å². The van der Waals surface area contributed by atoms with Crippen molar-refractivity contribution in [3.63, 3.8) is 0 Å². The molecule has 2 rings (SSSR count). The van der Waals surface area contributed by atoms with Crippen molar-refractivity contribution in [1.82, 2.24) is 20.0 Å². The number of nitrogens with zero attached hydrogens (tertiary/aromatic N) is 3. The van der Waals surface area contributed by atoms with Gasteiger partial charge >= 0.3 is 0 Å². The van der Waals surface area contributed by atoms with Gasteiger partial charge in [-0.05, 0) is 65.6 Å². The molecule has 0 spiro atoms. The molecular formula is C18H32N4O. The summed E-state index contributed by atoms with van der Waals surface area (Å²) >= 11 is 0. The predicted molar refractivity (Wildman–Crippen MR) is 93.5 cm³/mol. The van der Waals surface area contributed by atoms with Gasteiger partial charge in [0.15, 0.2) is 0 Å². The number of likely N-dealkylation sites (tertiary alicyclic amines) is 1. The maximum atomic E-state index is 12.6. The second-order valence-corrected chi connectivity index (χ2v) is 7.00. The van der Waals surface area contributed by atoms with Gasteiger partial charge in [-0.2, -0.15) is 5.10 Å². The third kappa shape index (κ3) is 3.94. The zero-order valence-corrected chi connectivity index (χ0v) is 15.4. The zero-order chi connectivity index (χ0) is 17.0. The van der Waals surface area contributed by atoms with Gasteiger partial charge in [-0.1, -0.05) is 6.92 Å². The Balaban J connectivity index is 1.91. The molecule has 1 N–H and O–H groups in total. The molecule has 0 saturated carbocycles. The fraction of sp³-hybridized carbons (Fsp3) is 0.778. The molecule has 0 radical (unpaired) electrons. The van der Waals surface area contributed by atoms with Crippen LogP contribution in [0.1, 0.15) is 50.6 Å². The van der Waals surface area contributed by atoms with Gasteiger partial charge in [0.25, 0.3) is 0 Å². The molecule has 1 fully saturated rings. The van der Waals surface area contributed by atoms with Gasteiger partial charge in [-0.15, -0.1) is 0 Å². The first kappa shape index (κ1) is 18.0. The maximum absolute atomic E-state index is 12.6. The van der Waals surface area contributed by atoms with Crippen molar-refractivity contribution < 1.29 is 4.79 Å². The molecule has 1 aromatic rings. The number of nitrogens with one attached hydrogen (secondary N) is 1. The molecule has 2 heterocycles. The van der Waals surface area contributed by atoms with Crippen LogP contribution in [0.2, 0.25) is 0 Å². The van der Waals surface area contributed by atoms with Crippen LogP contribution in [0, 0.1) is 19.3 Å². The monoisotopic (exact) mass is 320 g/mol. The molecule has 1 atom stereocenters. The van der Waals surface area contributed by atoms with Crippen LogP contribution < -0.4 is 5.32 Å². The third-order valence-corrected chi connectivity index (χ3v) is 5.26. The van der Waals surface area contributed by atoms with Crippen LogP contribution in [0.15, 0.2) is 0 Å². The van der Waals surface area contributed by atoms with E-state index in [1.54, 1.807) is 0 Å². The lowest BCUT2D eigenvalue weighted by atomic mass is 9.81. The number of rotatable bonds is 6. The summed E-state index contributed by atoms with van der Waals surface area (Å²) in [7, 11) is 0. The van der Waals surface area contributed by atoms with E-state index in [9.17, 15) is 4.79 Å². The number of carbonyl (C=O) groups is 1. The standard InChI is InChI=1S/C18H32N4O/c1-6-21-12-8-10-18(5,13-21)17(23)19-11-9-16-14(3)20-22(7-2)15(16)4/h6-13H2,1-5H3,(H,19,23)/t18-/m0/s1. The Morgan fingerprint density at radius 2 is 2.04 bits per heavy atom. The molecule has 0 aliphatic carbocycles. The largest absolute Gasteiger partial charge is 0.355 e. The van der Waals surface area contributed by atoms with Crippen molar-refractivity contribution in [2.45, 2.75) is 60.4 Å². The minimum atomic E-state index is -0.244. The Morgan fingerprint density at radius 3 is 2.65 bits per heavy atom. The lowest BCUT2D eigenvalue weighted by Gasteiger charge is -2.38. The Bertz CT molecular complexity index is 551. The van der Waals surface area contributed by atoms with Gasteiger partial charge in [0.05, 0.1) is 11.1 Å². The van der Waals surface area contributed by atoms with E-state index in [0.717, 1.165) is 51.1 Å². The number of hydrogen-bond donors (Lipinski definition) is 1. The Hall–Kier alpha value is -1.36. The molecular weight excluding hydrogens is 288 g/mol. The number of aromatic nitrogens is 2. The van der Waals surface area contributed by atoms with Crippen LogP contribution in [-0.2, 0) is 17.8 Å². The first-order chi connectivity index (χ1) is 10.9. The summed E-state index contributed by atoms with van der Waals surface area (Å²) in [6.45, 7) is 15.2. The average molecular weight is 320 g/mol. The van der Waals surface area contributed by atoms with Crippen LogP contribution in [-0.4, -0.2) is 46.8 Å². The normalized spacial score (nSPS) is 22.3. The van der Waals surface area contributed by atoms with E-state index < -0.39 is 0 Å². The van der Waals surface area contributed by atoms with E-state index in [4.69, 9.17) is 0 Å². The quantitative estimate of drug-likeness (QED) is 0.875. The van der Waals surface area contributed by atoms with E-state index in [-0.39, 0.29) is 11.3 Å². The van der Waals surface area contributed by atoms with Gasteiger partial charge in [-0.3, -0.25) is 9.48 Å². The Morgan fingerprint density at radius 1 is 1.30 bits per heavy atom. The summed E-state index contributed by atoms with van der Waals surface area (Å²) in [4.78, 5) is 15.0. The molecule has 1 aromatic heterocycles. The molecule has 1 saturated heterocycles. The lowest BCUT2D eigenvalue weighted by molar-refractivity contribution is -0.133. The minimum Gasteiger partial charge on any atom is -0.355 e. The average Bonchev–Trinajstić information content (AvgIpc) is 2.81. The molecule has 130 valence electrons. The SMILES string of the molecule is CCN1CCC[C@](C)(C(=O)NCCc2c(C)nn(CC)c2C)C1. The van der Waals surface area contributed by atoms with Gasteiger partial charge in [0.2, 0.25) is 5.91 Å². The van der Waals surface area contributed by atoms with Crippen molar-refractivity contribution in [2.24, 2.45) is 5.41 Å². The molecule has 1 aliphatic rings. The highest BCUT2D eigenvalue weighted by molar-refractivity contribution is 5.82. The highest BCUT2D eigenvalue weighted by Gasteiger charge is 2.37. The molecule has 5 nitrogen and oxygen atoms in total. The van der Waals surface area contributed by atoms with Gasteiger partial charge in [0, 0.05) is 25.3 Å². The van der Waals surface area contributed by atoms with E-state index in [0.29, 0.717) is 6.54 Å². The molecule has 0 aromatic carbocycles. The van der Waals surface area contributed by atoms with Crippen LogP contribution >= 0.6 is 0 Å². The second-order valence-electron chi connectivity index (χ2n) is 7.00. The van der Waals surface area contributed by atoms with Crippen LogP contribution in [0.4, 0.5) is 0 Å². The summed E-state index contributed by atoms with van der Waals surface area (Å²) in [5.74, 6) is 0.203. The number of piperidine rings is 1. The van der Waals surface area contributed by atoms with Crippen LogP contribution in [0.5, 0.6) is 0 Å². The van der Waals surface area contributed by atoms with Crippen molar-refractivity contribution >= 4 is 5.91 Å². The summed E-state index contributed by atoms with van der Waals surface area (Å²) in [6.07, 6.45) is 2.96. The summed E-state index contributed by atoms with van der Waals surface area (Å²) in [5.41, 5.74) is 3.34. The van der Waals surface area contributed by atoms with Crippen molar-refractivity contribution in [1.29, 1.82) is 0 Å². The number of amides is 1. The molecule has 1 aliphatic heterocycles. The zero-order valence-electron chi connectivity index (χ0n) is 15.4. The van der Waals surface area contributed by atoms with E-state index in [1.165, 1.54) is 11.3 Å². The first-order valence-corrected chi connectivity index (χ1v) is 8.94. The van der Waals surface area contributed by atoms with Gasteiger partial charge < -0.3 is 10.2 Å².